The summed E-state index contributed by atoms with van der Waals surface area (Å²) in [4.78, 5) is 0.356. The van der Waals surface area contributed by atoms with Gasteiger partial charge in [-0.15, -0.1) is 0 Å². The van der Waals surface area contributed by atoms with Crippen molar-refractivity contribution >= 4 is 15.9 Å². The highest BCUT2D eigenvalue weighted by Crippen LogP contribution is 2.35. The minimum Gasteiger partial charge on any atom is -0.487 e. The quantitative estimate of drug-likeness (QED) is 0.768. The molecule has 4 heteroatoms. The SMILES string of the molecule is CCCOC1C(Br)CC1Oc1ccc(F)cc1C. The van der Waals surface area contributed by atoms with Crippen LogP contribution in [0, 0.1) is 12.7 Å². The van der Waals surface area contributed by atoms with Crippen LogP contribution in [0.2, 0.25) is 0 Å². The van der Waals surface area contributed by atoms with E-state index in [1.165, 1.54) is 12.1 Å². The molecule has 18 heavy (non-hydrogen) atoms. The number of benzene rings is 1. The molecule has 3 atom stereocenters. The van der Waals surface area contributed by atoms with Crippen molar-refractivity contribution in [2.75, 3.05) is 6.61 Å². The standard InChI is InChI=1S/C14H18BrFO2/c1-3-6-17-14-11(15)8-13(14)18-12-5-4-10(16)7-9(12)2/h4-5,7,11,13-14H,3,6,8H2,1-2H3. The smallest absolute Gasteiger partial charge is 0.127 e. The molecule has 0 aliphatic heterocycles. The van der Waals surface area contributed by atoms with Gasteiger partial charge in [-0.3, -0.25) is 0 Å². The van der Waals surface area contributed by atoms with Crippen molar-refractivity contribution in [3.63, 3.8) is 0 Å². The van der Waals surface area contributed by atoms with E-state index < -0.39 is 0 Å². The Kier molecular flexibility index (Phi) is 4.62. The van der Waals surface area contributed by atoms with Crippen LogP contribution in [0.1, 0.15) is 25.3 Å². The largest absolute Gasteiger partial charge is 0.487 e. The minimum atomic E-state index is -0.231. The van der Waals surface area contributed by atoms with E-state index in [-0.39, 0.29) is 18.0 Å². The Morgan fingerprint density at radius 1 is 1.44 bits per heavy atom. The molecule has 0 saturated heterocycles. The molecule has 1 fully saturated rings. The molecule has 0 aromatic heterocycles. The molecule has 100 valence electrons. The number of ether oxygens (including phenoxy) is 2. The fraction of sp³-hybridized carbons (Fsp3) is 0.571. The van der Waals surface area contributed by atoms with Crippen molar-refractivity contribution in [3.8, 4) is 5.75 Å². The first-order chi connectivity index (χ1) is 8.61. The lowest BCUT2D eigenvalue weighted by Crippen LogP contribution is -2.52. The molecule has 1 aromatic rings. The van der Waals surface area contributed by atoms with E-state index in [1.807, 2.05) is 6.92 Å². The highest BCUT2D eigenvalue weighted by Gasteiger charge is 2.42. The molecule has 0 N–H and O–H groups in total. The second kappa shape index (κ2) is 6.02. The molecule has 1 aliphatic carbocycles. The molecule has 2 nitrogen and oxygen atoms in total. The molecule has 1 aliphatic rings. The Morgan fingerprint density at radius 2 is 2.22 bits per heavy atom. The van der Waals surface area contributed by atoms with E-state index in [1.54, 1.807) is 6.07 Å². The highest BCUT2D eigenvalue weighted by atomic mass is 79.9. The van der Waals surface area contributed by atoms with Gasteiger partial charge in [-0.05, 0) is 37.1 Å². The summed E-state index contributed by atoms with van der Waals surface area (Å²) >= 11 is 3.58. The number of rotatable bonds is 5. The maximum absolute atomic E-state index is 13.0. The van der Waals surface area contributed by atoms with E-state index in [0.29, 0.717) is 4.83 Å². The Bertz CT molecular complexity index is 411. The lowest BCUT2D eigenvalue weighted by atomic mass is 9.91. The number of aryl methyl sites for hydroxylation is 1. The molecule has 0 spiro atoms. The molecule has 3 unspecified atom stereocenters. The van der Waals surface area contributed by atoms with E-state index >= 15 is 0 Å². The Hall–Kier alpha value is -0.610. The van der Waals surface area contributed by atoms with E-state index in [2.05, 4.69) is 22.9 Å². The normalized spacial score (nSPS) is 26.8. The predicted molar refractivity (Wildman–Crippen MR) is 72.9 cm³/mol. The summed E-state index contributed by atoms with van der Waals surface area (Å²) in [6, 6.07) is 4.60. The van der Waals surface area contributed by atoms with Gasteiger partial charge in [0.15, 0.2) is 0 Å². The molecular formula is C14H18BrFO2. The van der Waals surface area contributed by atoms with Gasteiger partial charge < -0.3 is 9.47 Å². The maximum Gasteiger partial charge on any atom is 0.127 e. The molecule has 1 aromatic carbocycles. The number of hydrogen-bond acceptors (Lipinski definition) is 2. The van der Waals surface area contributed by atoms with Gasteiger partial charge in [0, 0.05) is 17.9 Å². The summed E-state index contributed by atoms with van der Waals surface area (Å²) in [5.41, 5.74) is 0.822. The zero-order valence-corrected chi connectivity index (χ0v) is 12.2. The molecular weight excluding hydrogens is 299 g/mol. The van der Waals surface area contributed by atoms with Crippen molar-refractivity contribution in [1.82, 2.24) is 0 Å². The van der Waals surface area contributed by atoms with Gasteiger partial charge in [0.05, 0.1) is 0 Å². The van der Waals surface area contributed by atoms with Crippen LogP contribution >= 0.6 is 15.9 Å². The van der Waals surface area contributed by atoms with Gasteiger partial charge in [0.25, 0.3) is 0 Å². The summed E-state index contributed by atoms with van der Waals surface area (Å²) in [5, 5.41) is 0. The lowest BCUT2D eigenvalue weighted by molar-refractivity contribution is -0.0764. The van der Waals surface area contributed by atoms with E-state index in [4.69, 9.17) is 9.47 Å². The fourth-order valence-corrected chi connectivity index (χ4v) is 2.88. The van der Waals surface area contributed by atoms with Gasteiger partial charge >= 0.3 is 0 Å². The number of hydrogen-bond donors (Lipinski definition) is 0. The average Bonchev–Trinajstić information content (AvgIpc) is 2.32. The first kappa shape index (κ1) is 13.8. The van der Waals surface area contributed by atoms with Crippen LogP contribution in [0.15, 0.2) is 18.2 Å². The van der Waals surface area contributed by atoms with Gasteiger partial charge in [-0.2, -0.15) is 0 Å². The first-order valence-electron chi connectivity index (χ1n) is 6.30. The molecule has 0 radical (unpaired) electrons. The number of alkyl halides is 1. The Morgan fingerprint density at radius 3 is 2.83 bits per heavy atom. The predicted octanol–water partition coefficient (Wildman–Crippen LogP) is 3.84. The molecule has 2 rings (SSSR count). The van der Waals surface area contributed by atoms with Crippen molar-refractivity contribution < 1.29 is 13.9 Å². The second-order valence-corrected chi connectivity index (χ2v) is 5.83. The van der Waals surface area contributed by atoms with Crippen LogP contribution in [0.25, 0.3) is 0 Å². The average molecular weight is 317 g/mol. The second-order valence-electron chi connectivity index (χ2n) is 4.65. The summed E-state index contributed by atoms with van der Waals surface area (Å²) in [6.45, 7) is 4.68. The monoisotopic (exact) mass is 316 g/mol. The van der Waals surface area contributed by atoms with Crippen LogP contribution in [-0.2, 0) is 4.74 Å². The van der Waals surface area contributed by atoms with Crippen LogP contribution in [0.4, 0.5) is 4.39 Å². The van der Waals surface area contributed by atoms with Gasteiger partial charge in [0.1, 0.15) is 23.8 Å². The molecule has 0 bridgehead atoms. The van der Waals surface area contributed by atoms with Crippen molar-refractivity contribution in [2.24, 2.45) is 0 Å². The minimum absolute atomic E-state index is 0.0603. The van der Waals surface area contributed by atoms with E-state index in [0.717, 1.165) is 30.8 Å². The third-order valence-corrected chi connectivity index (χ3v) is 4.01. The topological polar surface area (TPSA) is 18.5 Å². The Balaban J connectivity index is 1.96. The van der Waals surface area contributed by atoms with Crippen LogP contribution in [0.5, 0.6) is 5.75 Å². The maximum atomic E-state index is 13.0. The molecule has 1 saturated carbocycles. The van der Waals surface area contributed by atoms with Crippen molar-refractivity contribution in [2.45, 2.75) is 43.7 Å². The third kappa shape index (κ3) is 3.04. The van der Waals surface area contributed by atoms with Gasteiger partial charge in [0.2, 0.25) is 0 Å². The van der Waals surface area contributed by atoms with Crippen LogP contribution < -0.4 is 4.74 Å². The van der Waals surface area contributed by atoms with Crippen LogP contribution in [-0.4, -0.2) is 23.6 Å². The molecule has 0 amide bonds. The van der Waals surface area contributed by atoms with Gasteiger partial charge in [-0.25, -0.2) is 4.39 Å². The molecule has 0 heterocycles. The van der Waals surface area contributed by atoms with E-state index in [9.17, 15) is 4.39 Å². The summed E-state index contributed by atoms with van der Waals surface area (Å²) in [5.74, 6) is 0.511. The zero-order chi connectivity index (χ0) is 13.1. The summed E-state index contributed by atoms with van der Waals surface area (Å²) < 4.78 is 24.6. The van der Waals surface area contributed by atoms with Gasteiger partial charge in [-0.1, -0.05) is 22.9 Å². The zero-order valence-electron chi connectivity index (χ0n) is 10.7. The third-order valence-electron chi connectivity index (χ3n) is 3.11. The Labute approximate surface area is 116 Å². The van der Waals surface area contributed by atoms with Crippen LogP contribution in [0.3, 0.4) is 0 Å². The lowest BCUT2D eigenvalue weighted by Gasteiger charge is -2.41. The van der Waals surface area contributed by atoms with Crippen molar-refractivity contribution in [3.05, 3.63) is 29.6 Å². The fourth-order valence-electron chi connectivity index (χ4n) is 2.02. The first-order valence-corrected chi connectivity index (χ1v) is 7.22. The number of halogens is 2. The van der Waals surface area contributed by atoms with Crippen molar-refractivity contribution in [1.29, 1.82) is 0 Å². The summed E-state index contributed by atoms with van der Waals surface area (Å²) in [7, 11) is 0. The highest BCUT2D eigenvalue weighted by molar-refractivity contribution is 9.09. The summed E-state index contributed by atoms with van der Waals surface area (Å²) in [6.07, 6.45) is 2.07.